The maximum Gasteiger partial charge on any atom is 0.0826 e. The van der Waals surface area contributed by atoms with Crippen LogP contribution >= 0.6 is 0 Å². The first-order valence-corrected chi connectivity index (χ1v) is 5.01. The fourth-order valence-corrected chi connectivity index (χ4v) is 1.48. The van der Waals surface area contributed by atoms with Crippen molar-refractivity contribution >= 4 is 0 Å². The van der Waals surface area contributed by atoms with E-state index in [2.05, 4.69) is 17.3 Å². The second-order valence-corrected chi connectivity index (χ2v) is 3.73. The zero-order chi connectivity index (χ0) is 10.4. The lowest BCUT2D eigenvalue weighted by molar-refractivity contribution is -0.0209. The molecule has 0 aromatic rings. The van der Waals surface area contributed by atoms with Gasteiger partial charge in [-0.05, 0) is 7.05 Å². The van der Waals surface area contributed by atoms with Crippen molar-refractivity contribution in [1.82, 2.24) is 10.2 Å². The molecule has 0 bridgehead atoms. The average molecular weight is 204 g/mol. The number of morpholine rings is 1. The van der Waals surface area contributed by atoms with Gasteiger partial charge in [0.05, 0.1) is 32.0 Å². The quantitative estimate of drug-likeness (QED) is 0.496. The van der Waals surface area contributed by atoms with Gasteiger partial charge in [-0.15, -0.1) is 0 Å². The van der Waals surface area contributed by atoms with Crippen molar-refractivity contribution < 1.29 is 14.9 Å². The molecule has 1 unspecified atom stereocenters. The summed E-state index contributed by atoms with van der Waals surface area (Å²) in [6.07, 6.45) is 0.161. The van der Waals surface area contributed by atoms with E-state index < -0.39 is 0 Å². The number of aliphatic hydroxyl groups is 2. The minimum Gasteiger partial charge on any atom is -0.395 e. The monoisotopic (exact) mass is 204 g/mol. The van der Waals surface area contributed by atoms with Crippen LogP contribution in [0.4, 0.5) is 0 Å². The zero-order valence-corrected chi connectivity index (χ0v) is 8.65. The van der Waals surface area contributed by atoms with Crippen LogP contribution < -0.4 is 5.32 Å². The molecule has 1 aliphatic heterocycles. The van der Waals surface area contributed by atoms with Gasteiger partial charge >= 0.3 is 0 Å². The molecule has 0 aromatic heterocycles. The number of aliphatic hydroxyl groups excluding tert-OH is 2. The smallest absolute Gasteiger partial charge is 0.0826 e. The Morgan fingerprint density at radius 3 is 2.79 bits per heavy atom. The minimum atomic E-state index is -0.231. The summed E-state index contributed by atoms with van der Waals surface area (Å²) in [7, 11) is 2.06. The van der Waals surface area contributed by atoms with E-state index >= 15 is 0 Å². The third kappa shape index (κ3) is 3.89. The van der Waals surface area contributed by atoms with Gasteiger partial charge in [-0.2, -0.15) is 0 Å². The Balaban J connectivity index is 2.16. The molecule has 14 heavy (non-hydrogen) atoms. The highest BCUT2D eigenvalue weighted by Gasteiger charge is 2.18. The number of nitrogens with zero attached hydrogens (tertiary/aromatic N) is 1. The maximum atomic E-state index is 8.83. The van der Waals surface area contributed by atoms with Crippen LogP contribution in [0.1, 0.15) is 0 Å². The van der Waals surface area contributed by atoms with Crippen molar-refractivity contribution in [3.8, 4) is 0 Å². The fraction of sp³-hybridized carbons (Fsp3) is 1.00. The summed E-state index contributed by atoms with van der Waals surface area (Å²) in [4.78, 5) is 2.21. The second kappa shape index (κ2) is 6.31. The molecule has 0 aromatic carbocycles. The summed E-state index contributed by atoms with van der Waals surface area (Å²) in [6, 6.07) is -0.231. The van der Waals surface area contributed by atoms with Crippen molar-refractivity contribution in [3.63, 3.8) is 0 Å². The molecule has 5 heteroatoms. The van der Waals surface area contributed by atoms with Gasteiger partial charge < -0.3 is 25.2 Å². The Morgan fingerprint density at radius 2 is 2.21 bits per heavy atom. The van der Waals surface area contributed by atoms with E-state index in [0.717, 1.165) is 19.7 Å². The molecule has 1 fully saturated rings. The molecule has 0 spiro atoms. The van der Waals surface area contributed by atoms with Crippen molar-refractivity contribution in [3.05, 3.63) is 0 Å². The first-order chi connectivity index (χ1) is 6.76. The standard InChI is InChI=1S/C9H20N2O3/c1-11-2-3-14-9(5-11)4-10-8(6-12)7-13/h8-10,12-13H,2-7H2,1H3. The molecular weight excluding hydrogens is 184 g/mol. The average Bonchev–Trinajstić information content (AvgIpc) is 2.19. The molecule has 84 valence electrons. The minimum absolute atomic E-state index is 0.0426. The molecule has 0 aliphatic carbocycles. The van der Waals surface area contributed by atoms with E-state index in [-0.39, 0.29) is 25.4 Å². The molecule has 1 aliphatic rings. The van der Waals surface area contributed by atoms with Crippen LogP contribution in [0.15, 0.2) is 0 Å². The van der Waals surface area contributed by atoms with Gasteiger partial charge in [-0.1, -0.05) is 0 Å². The van der Waals surface area contributed by atoms with Gasteiger partial charge in [0.15, 0.2) is 0 Å². The van der Waals surface area contributed by atoms with Crippen LogP contribution in [0.3, 0.4) is 0 Å². The molecule has 1 atom stereocenters. The normalized spacial score (nSPS) is 24.4. The number of hydrogen-bond donors (Lipinski definition) is 3. The lowest BCUT2D eigenvalue weighted by atomic mass is 10.2. The Bertz CT molecular complexity index is 153. The van der Waals surface area contributed by atoms with Crippen LogP contribution in [0, 0.1) is 0 Å². The van der Waals surface area contributed by atoms with Gasteiger partial charge in [0.25, 0.3) is 0 Å². The van der Waals surface area contributed by atoms with E-state index in [9.17, 15) is 0 Å². The summed E-state index contributed by atoms with van der Waals surface area (Å²) in [6.45, 7) is 3.22. The summed E-state index contributed by atoms with van der Waals surface area (Å²) >= 11 is 0. The van der Waals surface area contributed by atoms with E-state index in [1.54, 1.807) is 0 Å². The lowest BCUT2D eigenvalue weighted by Crippen LogP contribution is -2.48. The topological polar surface area (TPSA) is 65.0 Å². The van der Waals surface area contributed by atoms with Crippen molar-refractivity contribution in [1.29, 1.82) is 0 Å². The Morgan fingerprint density at radius 1 is 1.50 bits per heavy atom. The lowest BCUT2D eigenvalue weighted by Gasteiger charge is -2.31. The van der Waals surface area contributed by atoms with Gasteiger partial charge in [0, 0.05) is 19.6 Å². The SMILES string of the molecule is CN1CCOC(CNC(CO)CO)C1. The molecule has 1 heterocycles. The second-order valence-electron chi connectivity index (χ2n) is 3.73. The van der Waals surface area contributed by atoms with E-state index in [1.807, 2.05) is 0 Å². The van der Waals surface area contributed by atoms with Crippen LogP contribution in [0.5, 0.6) is 0 Å². The molecule has 1 saturated heterocycles. The highest BCUT2D eigenvalue weighted by atomic mass is 16.5. The Labute approximate surface area is 84.7 Å². The molecule has 3 N–H and O–H groups in total. The van der Waals surface area contributed by atoms with E-state index in [0.29, 0.717) is 6.54 Å². The highest BCUT2D eigenvalue weighted by molar-refractivity contribution is 4.73. The zero-order valence-electron chi connectivity index (χ0n) is 8.65. The van der Waals surface area contributed by atoms with Gasteiger partial charge in [0.2, 0.25) is 0 Å². The molecule has 1 rings (SSSR count). The third-order valence-electron chi connectivity index (χ3n) is 2.42. The van der Waals surface area contributed by atoms with Gasteiger partial charge in [0.1, 0.15) is 0 Å². The number of hydrogen-bond acceptors (Lipinski definition) is 5. The molecule has 5 nitrogen and oxygen atoms in total. The first-order valence-electron chi connectivity index (χ1n) is 5.01. The number of nitrogens with one attached hydrogen (secondary N) is 1. The fourth-order valence-electron chi connectivity index (χ4n) is 1.48. The predicted molar refractivity (Wildman–Crippen MR) is 53.2 cm³/mol. The molecular formula is C9H20N2O3. The summed E-state index contributed by atoms with van der Waals surface area (Å²) < 4.78 is 5.52. The summed E-state index contributed by atoms with van der Waals surface area (Å²) in [5, 5.41) is 20.7. The highest BCUT2D eigenvalue weighted by Crippen LogP contribution is 2.01. The summed E-state index contributed by atoms with van der Waals surface area (Å²) in [5.41, 5.74) is 0. The molecule has 0 amide bonds. The molecule has 0 radical (unpaired) electrons. The third-order valence-corrected chi connectivity index (χ3v) is 2.42. The number of ether oxygens (including phenoxy) is 1. The van der Waals surface area contributed by atoms with E-state index in [1.165, 1.54) is 0 Å². The number of likely N-dealkylation sites (N-methyl/N-ethyl adjacent to an activating group) is 1. The van der Waals surface area contributed by atoms with Crippen LogP contribution in [-0.4, -0.2) is 73.8 Å². The Kier molecular flexibility index (Phi) is 5.36. The molecule has 0 saturated carbocycles. The summed E-state index contributed by atoms with van der Waals surface area (Å²) in [5.74, 6) is 0. The number of rotatable bonds is 5. The van der Waals surface area contributed by atoms with Crippen molar-refractivity contribution in [2.75, 3.05) is 46.5 Å². The first kappa shape index (κ1) is 11.9. The van der Waals surface area contributed by atoms with Crippen LogP contribution in [0.2, 0.25) is 0 Å². The van der Waals surface area contributed by atoms with Gasteiger partial charge in [-0.3, -0.25) is 0 Å². The van der Waals surface area contributed by atoms with Gasteiger partial charge in [-0.25, -0.2) is 0 Å². The predicted octanol–water partition coefficient (Wildman–Crippen LogP) is -1.74. The van der Waals surface area contributed by atoms with Crippen LogP contribution in [-0.2, 0) is 4.74 Å². The van der Waals surface area contributed by atoms with Crippen molar-refractivity contribution in [2.45, 2.75) is 12.1 Å². The maximum absolute atomic E-state index is 8.83. The van der Waals surface area contributed by atoms with E-state index in [4.69, 9.17) is 14.9 Å². The largest absolute Gasteiger partial charge is 0.395 e. The Hall–Kier alpha value is -0.200. The van der Waals surface area contributed by atoms with Crippen LogP contribution in [0.25, 0.3) is 0 Å². The van der Waals surface area contributed by atoms with Crippen molar-refractivity contribution in [2.24, 2.45) is 0 Å².